The van der Waals surface area contributed by atoms with Gasteiger partial charge in [0.25, 0.3) is 5.91 Å². The third-order valence-corrected chi connectivity index (χ3v) is 8.54. The summed E-state index contributed by atoms with van der Waals surface area (Å²) in [6.07, 6.45) is -1.21. The minimum absolute atomic E-state index is 0.0186. The highest BCUT2D eigenvalue weighted by molar-refractivity contribution is 9.10. The van der Waals surface area contributed by atoms with Crippen molar-refractivity contribution in [2.75, 3.05) is 17.2 Å². The summed E-state index contributed by atoms with van der Waals surface area (Å²) in [6, 6.07) is 0.457. The van der Waals surface area contributed by atoms with Crippen LogP contribution in [0.1, 0.15) is 75.8 Å². The summed E-state index contributed by atoms with van der Waals surface area (Å²) in [7, 11) is 0. The van der Waals surface area contributed by atoms with Crippen molar-refractivity contribution >= 4 is 50.0 Å². The number of furan rings is 1. The lowest BCUT2D eigenvalue weighted by Gasteiger charge is -2.32. The highest BCUT2D eigenvalue weighted by atomic mass is 79.9. The van der Waals surface area contributed by atoms with Gasteiger partial charge in [0.2, 0.25) is 0 Å². The minimum atomic E-state index is -4.61. The zero-order chi connectivity index (χ0) is 26.5. The quantitative estimate of drug-likeness (QED) is 0.324. The molecular weight excluding hydrogens is 577 g/mol. The van der Waals surface area contributed by atoms with Crippen molar-refractivity contribution in [3.05, 3.63) is 50.3 Å². The molecule has 1 aliphatic heterocycles. The SMILES string of the molecule is CCOC(=O)c1c(NC(=O)c2nn3c(c2Br)N[C@@H](c2ccco2)C[C@H]3C(F)(F)F)sc2c1CC[C@@H](C)C2. The summed E-state index contributed by atoms with van der Waals surface area (Å²) < 4.78 is 53.5. The number of amides is 1. The van der Waals surface area contributed by atoms with Gasteiger partial charge >= 0.3 is 12.1 Å². The Bertz CT molecular complexity index is 1330. The molecule has 3 aromatic rings. The Labute approximate surface area is 222 Å². The number of fused-ring (bicyclic) bond motifs is 2. The van der Waals surface area contributed by atoms with Gasteiger partial charge in [-0.2, -0.15) is 18.3 Å². The van der Waals surface area contributed by atoms with Crippen LogP contribution in [-0.4, -0.2) is 34.4 Å². The van der Waals surface area contributed by atoms with Crippen LogP contribution in [-0.2, 0) is 17.6 Å². The van der Waals surface area contributed by atoms with Gasteiger partial charge in [0.05, 0.1) is 28.9 Å². The lowest BCUT2D eigenvalue weighted by molar-refractivity contribution is -0.174. The van der Waals surface area contributed by atoms with E-state index in [1.165, 1.54) is 17.6 Å². The van der Waals surface area contributed by atoms with Crippen LogP contribution >= 0.6 is 27.3 Å². The lowest BCUT2D eigenvalue weighted by Crippen LogP contribution is -2.35. The molecule has 3 atom stereocenters. The number of ether oxygens (including phenoxy) is 1. The third kappa shape index (κ3) is 4.78. The molecule has 5 rings (SSSR count). The molecule has 0 aromatic carbocycles. The molecule has 0 fully saturated rings. The summed E-state index contributed by atoms with van der Waals surface area (Å²) in [5.74, 6) is -0.468. The number of hydrogen-bond donors (Lipinski definition) is 2. The first-order chi connectivity index (χ1) is 17.6. The van der Waals surface area contributed by atoms with Crippen LogP contribution < -0.4 is 10.6 Å². The largest absolute Gasteiger partial charge is 0.467 e. The van der Waals surface area contributed by atoms with Crippen LogP contribution in [0.3, 0.4) is 0 Å². The fraction of sp³-hybridized carbons (Fsp3) is 0.458. The smallest absolute Gasteiger partial charge is 0.410 e. The second kappa shape index (κ2) is 9.82. The number of esters is 1. The molecule has 0 radical (unpaired) electrons. The van der Waals surface area contributed by atoms with Crippen LogP contribution in [0, 0.1) is 5.92 Å². The van der Waals surface area contributed by atoms with Crippen LogP contribution in [0.2, 0.25) is 0 Å². The molecule has 8 nitrogen and oxygen atoms in total. The lowest BCUT2D eigenvalue weighted by atomic mass is 9.88. The number of halogens is 4. The molecule has 0 spiro atoms. The fourth-order valence-corrected chi connectivity index (χ4v) is 6.78. The average Bonchev–Trinajstić information content (AvgIpc) is 3.55. The second-order valence-electron chi connectivity index (χ2n) is 9.19. The zero-order valence-corrected chi connectivity index (χ0v) is 22.3. The van der Waals surface area contributed by atoms with E-state index < -0.39 is 30.1 Å². The number of nitrogens with one attached hydrogen (secondary N) is 2. The molecule has 2 aliphatic rings. The zero-order valence-electron chi connectivity index (χ0n) is 19.9. The van der Waals surface area contributed by atoms with Gasteiger partial charge < -0.3 is 19.8 Å². The Morgan fingerprint density at radius 3 is 2.86 bits per heavy atom. The monoisotopic (exact) mass is 600 g/mol. The highest BCUT2D eigenvalue weighted by Crippen LogP contribution is 2.47. The first-order valence-electron chi connectivity index (χ1n) is 11.9. The molecule has 1 amide bonds. The van der Waals surface area contributed by atoms with Gasteiger partial charge in [-0.3, -0.25) is 4.79 Å². The summed E-state index contributed by atoms with van der Waals surface area (Å²) >= 11 is 4.58. The van der Waals surface area contributed by atoms with Crippen LogP contribution in [0.15, 0.2) is 27.3 Å². The van der Waals surface area contributed by atoms with Crippen molar-refractivity contribution in [2.24, 2.45) is 5.92 Å². The standard InChI is InChI=1S/C24H24BrF3N4O4S/c1-3-35-23(34)17-12-7-6-11(2)9-15(12)37-22(17)30-21(33)19-18(25)20-29-13(14-5-4-8-36-14)10-16(24(26,27)28)32(20)31-19/h4-5,8,11,13,16,29H,3,6-7,9-10H2,1-2H3,(H,30,33)/t11-,13-,16+/m1/s1. The van der Waals surface area contributed by atoms with Gasteiger partial charge in [0.15, 0.2) is 11.7 Å². The number of carbonyl (C=O) groups is 2. The minimum Gasteiger partial charge on any atom is -0.467 e. The number of nitrogens with zero attached hydrogens (tertiary/aromatic N) is 2. The number of aromatic nitrogens is 2. The van der Waals surface area contributed by atoms with Crippen LogP contribution in [0.4, 0.5) is 24.0 Å². The Morgan fingerprint density at radius 2 is 2.19 bits per heavy atom. The van der Waals surface area contributed by atoms with E-state index >= 15 is 0 Å². The Morgan fingerprint density at radius 1 is 1.41 bits per heavy atom. The van der Waals surface area contributed by atoms with Crippen molar-refractivity contribution < 1.29 is 31.9 Å². The molecule has 0 saturated heterocycles. The first kappa shape index (κ1) is 25.8. The van der Waals surface area contributed by atoms with Crippen molar-refractivity contribution in [2.45, 2.75) is 57.8 Å². The number of anilines is 2. The first-order valence-corrected chi connectivity index (χ1v) is 13.5. The summed E-state index contributed by atoms with van der Waals surface area (Å²) in [6.45, 7) is 4.00. The number of thiophene rings is 1. The fourth-order valence-electron chi connectivity index (χ4n) is 4.83. The van der Waals surface area contributed by atoms with Crippen molar-refractivity contribution in [1.29, 1.82) is 0 Å². The van der Waals surface area contributed by atoms with E-state index in [9.17, 15) is 22.8 Å². The molecule has 13 heteroatoms. The Kier molecular flexibility index (Phi) is 6.86. The normalized spacial score (nSPS) is 21.1. The van der Waals surface area contributed by atoms with E-state index in [1.54, 1.807) is 19.1 Å². The maximum Gasteiger partial charge on any atom is 0.410 e. The summed E-state index contributed by atoms with van der Waals surface area (Å²) in [4.78, 5) is 27.1. The van der Waals surface area contributed by atoms with E-state index in [1.807, 2.05) is 0 Å². The van der Waals surface area contributed by atoms with Crippen LogP contribution in [0.25, 0.3) is 0 Å². The molecule has 0 bridgehead atoms. The molecule has 37 heavy (non-hydrogen) atoms. The molecule has 2 N–H and O–H groups in total. The van der Waals surface area contributed by atoms with Gasteiger partial charge in [-0.15, -0.1) is 11.3 Å². The predicted octanol–water partition coefficient (Wildman–Crippen LogP) is 6.51. The molecule has 4 heterocycles. The predicted molar refractivity (Wildman–Crippen MR) is 134 cm³/mol. The number of alkyl halides is 3. The van der Waals surface area contributed by atoms with Gasteiger partial charge in [0, 0.05) is 11.3 Å². The molecule has 1 aliphatic carbocycles. The van der Waals surface area contributed by atoms with E-state index in [-0.39, 0.29) is 29.0 Å². The van der Waals surface area contributed by atoms with Crippen molar-refractivity contribution in [1.82, 2.24) is 9.78 Å². The average molecular weight is 601 g/mol. The maximum atomic E-state index is 14.0. The third-order valence-electron chi connectivity index (χ3n) is 6.62. The second-order valence-corrected chi connectivity index (χ2v) is 11.1. The van der Waals surface area contributed by atoms with Gasteiger partial charge in [0.1, 0.15) is 16.6 Å². The topological polar surface area (TPSA) is 98.4 Å². The number of rotatable bonds is 5. The number of carbonyl (C=O) groups excluding carboxylic acids is 2. The number of hydrogen-bond acceptors (Lipinski definition) is 7. The van der Waals surface area contributed by atoms with Crippen molar-refractivity contribution in [3.8, 4) is 0 Å². The highest BCUT2D eigenvalue weighted by Gasteiger charge is 2.48. The maximum absolute atomic E-state index is 14.0. The van der Waals surface area contributed by atoms with Crippen LogP contribution in [0.5, 0.6) is 0 Å². The molecule has 0 unspecified atom stereocenters. The molecule has 3 aromatic heterocycles. The summed E-state index contributed by atoms with van der Waals surface area (Å²) in [5, 5.41) is 10.1. The molecule has 198 valence electrons. The van der Waals surface area contributed by atoms with E-state index in [4.69, 9.17) is 9.15 Å². The van der Waals surface area contributed by atoms with E-state index in [0.717, 1.165) is 28.0 Å². The van der Waals surface area contributed by atoms with Gasteiger partial charge in [-0.05, 0) is 65.7 Å². The molecule has 0 saturated carbocycles. The van der Waals surface area contributed by atoms with Gasteiger partial charge in [-0.25, -0.2) is 9.48 Å². The Balaban J connectivity index is 1.50. The summed E-state index contributed by atoms with van der Waals surface area (Å²) in [5.41, 5.74) is 0.943. The van der Waals surface area contributed by atoms with E-state index in [2.05, 4.69) is 38.6 Å². The molecular formula is C24H24BrF3N4O4S. The Hall–Kier alpha value is -2.80. The van der Waals surface area contributed by atoms with Crippen molar-refractivity contribution in [3.63, 3.8) is 0 Å². The van der Waals surface area contributed by atoms with Gasteiger partial charge in [-0.1, -0.05) is 6.92 Å². The van der Waals surface area contributed by atoms with E-state index in [0.29, 0.717) is 28.7 Å².